The molecule has 2 aliphatic heterocycles. The molecule has 26 heavy (non-hydrogen) atoms. The van der Waals surface area contributed by atoms with Crippen molar-refractivity contribution in [2.75, 3.05) is 6.54 Å². The van der Waals surface area contributed by atoms with Crippen molar-refractivity contribution in [1.82, 2.24) is 10.2 Å². The van der Waals surface area contributed by atoms with Crippen molar-refractivity contribution >= 4 is 40.8 Å². The van der Waals surface area contributed by atoms with Gasteiger partial charge in [0, 0.05) is 12.6 Å². The maximum absolute atomic E-state index is 12.6. The largest absolute Gasteiger partial charge is 0.353 e. The minimum absolute atomic E-state index is 0.113. The number of nitrogens with one attached hydrogen (secondary N) is 1. The lowest BCUT2D eigenvalue weighted by molar-refractivity contribution is -0.142. The molecule has 1 aromatic carbocycles. The van der Waals surface area contributed by atoms with E-state index in [4.69, 9.17) is 23.2 Å². The first-order chi connectivity index (χ1) is 12.4. The normalized spacial score (nSPS) is 23.7. The second-order valence-electron chi connectivity index (χ2n) is 7.10. The highest BCUT2D eigenvalue weighted by atomic mass is 35.5. The van der Waals surface area contributed by atoms with Crippen LogP contribution in [0.5, 0.6) is 0 Å². The molecule has 0 spiro atoms. The van der Waals surface area contributed by atoms with Gasteiger partial charge in [0.2, 0.25) is 11.7 Å². The zero-order valence-corrected chi connectivity index (χ0v) is 16.1. The number of hydrogen-bond acceptors (Lipinski definition) is 3. The summed E-state index contributed by atoms with van der Waals surface area (Å²) in [6.07, 6.45) is 3.98. The summed E-state index contributed by atoms with van der Waals surface area (Å²) in [5, 5.41) is 3.92. The second-order valence-corrected chi connectivity index (χ2v) is 7.91. The predicted molar refractivity (Wildman–Crippen MR) is 100 cm³/mol. The molecule has 2 heterocycles. The van der Waals surface area contributed by atoms with E-state index in [1.165, 1.54) is 0 Å². The van der Waals surface area contributed by atoms with Gasteiger partial charge in [-0.1, -0.05) is 29.3 Å². The SMILES string of the molecule is CC(CCc1ccc(Cl)c(Cl)c1)NC(=O)C1C(=O)C(=O)N2CCCCC12. The summed E-state index contributed by atoms with van der Waals surface area (Å²) in [7, 11) is 0. The van der Waals surface area contributed by atoms with Gasteiger partial charge >= 0.3 is 0 Å². The van der Waals surface area contributed by atoms with Crippen LogP contribution in [0.1, 0.15) is 38.2 Å². The van der Waals surface area contributed by atoms with Gasteiger partial charge in [-0.25, -0.2) is 0 Å². The standard InChI is InChI=1S/C19H22Cl2N2O3/c1-11(5-6-12-7-8-13(20)14(21)10-12)22-18(25)16-15-4-2-3-9-23(15)19(26)17(16)24/h7-8,10-11,15-16H,2-6,9H2,1H3,(H,22,25). The summed E-state index contributed by atoms with van der Waals surface area (Å²) >= 11 is 11.9. The molecule has 7 heteroatoms. The fraction of sp³-hybridized carbons (Fsp3) is 0.526. The molecular formula is C19H22Cl2N2O3. The van der Waals surface area contributed by atoms with Gasteiger partial charge in [-0.2, -0.15) is 0 Å². The number of nitrogens with zero attached hydrogens (tertiary/aromatic N) is 1. The highest BCUT2D eigenvalue weighted by Crippen LogP contribution is 2.31. The van der Waals surface area contributed by atoms with E-state index < -0.39 is 17.6 Å². The Bertz CT molecular complexity index is 737. The molecule has 2 amide bonds. The van der Waals surface area contributed by atoms with Crippen molar-refractivity contribution in [3.8, 4) is 0 Å². The molecule has 5 nitrogen and oxygen atoms in total. The predicted octanol–water partition coefficient (Wildman–Crippen LogP) is 3.01. The van der Waals surface area contributed by atoms with Crippen LogP contribution in [0.4, 0.5) is 0 Å². The minimum Gasteiger partial charge on any atom is -0.353 e. The molecule has 0 radical (unpaired) electrons. The lowest BCUT2D eigenvalue weighted by Gasteiger charge is -2.31. The Morgan fingerprint density at radius 2 is 2.04 bits per heavy atom. The highest BCUT2D eigenvalue weighted by Gasteiger charge is 2.51. The molecule has 0 saturated carbocycles. The van der Waals surface area contributed by atoms with Crippen molar-refractivity contribution < 1.29 is 14.4 Å². The number of rotatable bonds is 5. The van der Waals surface area contributed by atoms with E-state index in [1.807, 2.05) is 19.1 Å². The average Bonchev–Trinajstić information content (AvgIpc) is 2.87. The molecule has 0 aromatic heterocycles. The molecule has 1 aromatic rings. The molecule has 0 aliphatic carbocycles. The smallest absolute Gasteiger partial charge is 0.291 e. The van der Waals surface area contributed by atoms with Gasteiger partial charge in [-0.05, 0) is 56.7 Å². The van der Waals surface area contributed by atoms with Crippen molar-refractivity contribution in [2.24, 2.45) is 5.92 Å². The molecule has 3 rings (SSSR count). The van der Waals surface area contributed by atoms with Gasteiger partial charge in [-0.15, -0.1) is 0 Å². The summed E-state index contributed by atoms with van der Waals surface area (Å²) in [5.41, 5.74) is 1.03. The van der Waals surface area contributed by atoms with E-state index in [2.05, 4.69) is 5.32 Å². The first-order valence-electron chi connectivity index (χ1n) is 8.97. The Hall–Kier alpha value is -1.59. The van der Waals surface area contributed by atoms with Crippen LogP contribution in [0.15, 0.2) is 18.2 Å². The third kappa shape index (κ3) is 3.89. The Labute approximate surface area is 163 Å². The van der Waals surface area contributed by atoms with Crippen LogP contribution in [-0.4, -0.2) is 41.1 Å². The van der Waals surface area contributed by atoms with E-state index in [0.29, 0.717) is 29.4 Å². The first-order valence-corrected chi connectivity index (χ1v) is 9.73. The maximum atomic E-state index is 12.6. The lowest BCUT2D eigenvalue weighted by atomic mass is 9.91. The van der Waals surface area contributed by atoms with Crippen molar-refractivity contribution in [1.29, 1.82) is 0 Å². The molecule has 0 bridgehead atoms. The Morgan fingerprint density at radius 1 is 1.27 bits per heavy atom. The number of aryl methyl sites for hydroxylation is 1. The molecule has 2 saturated heterocycles. The first kappa shape index (κ1) is 19.2. The third-order valence-corrected chi connectivity index (χ3v) is 5.95. The zero-order valence-electron chi connectivity index (χ0n) is 14.6. The number of benzene rings is 1. The average molecular weight is 397 g/mol. The van der Waals surface area contributed by atoms with Gasteiger partial charge < -0.3 is 10.2 Å². The van der Waals surface area contributed by atoms with Crippen LogP contribution >= 0.6 is 23.2 Å². The van der Waals surface area contributed by atoms with Gasteiger partial charge in [0.25, 0.3) is 5.91 Å². The van der Waals surface area contributed by atoms with E-state index in [-0.39, 0.29) is 18.0 Å². The number of ketones is 1. The van der Waals surface area contributed by atoms with E-state index in [0.717, 1.165) is 24.8 Å². The van der Waals surface area contributed by atoms with Gasteiger partial charge in [0.15, 0.2) is 0 Å². The Morgan fingerprint density at radius 3 is 2.77 bits per heavy atom. The van der Waals surface area contributed by atoms with Crippen LogP contribution in [0, 0.1) is 5.92 Å². The van der Waals surface area contributed by atoms with Gasteiger partial charge in [-0.3, -0.25) is 14.4 Å². The van der Waals surface area contributed by atoms with Crippen molar-refractivity contribution in [2.45, 2.75) is 51.1 Å². The van der Waals surface area contributed by atoms with Crippen LogP contribution < -0.4 is 5.32 Å². The zero-order chi connectivity index (χ0) is 18.8. The summed E-state index contributed by atoms with van der Waals surface area (Å²) in [6, 6.07) is 5.09. The van der Waals surface area contributed by atoms with Crippen LogP contribution in [0.2, 0.25) is 10.0 Å². The number of carbonyl (C=O) groups is 3. The van der Waals surface area contributed by atoms with Gasteiger partial charge in [0.1, 0.15) is 5.92 Å². The van der Waals surface area contributed by atoms with Crippen LogP contribution in [0.3, 0.4) is 0 Å². The quantitative estimate of drug-likeness (QED) is 0.614. The Balaban J connectivity index is 1.57. The van der Waals surface area contributed by atoms with E-state index in [9.17, 15) is 14.4 Å². The molecule has 140 valence electrons. The summed E-state index contributed by atoms with van der Waals surface area (Å²) in [4.78, 5) is 38.6. The second kappa shape index (κ2) is 7.97. The summed E-state index contributed by atoms with van der Waals surface area (Å²) in [5.74, 6) is -2.26. The molecule has 3 atom stereocenters. The number of Topliss-reactive ketones (excluding diaryl/α,β-unsaturated/α-hetero) is 1. The summed E-state index contributed by atoms with van der Waals surface area (Å²) in [6.45, 7) is 2.47. The number of fused-ring (bicyclic) bond motifs is 1. The number of amides is 2. The minimum atomic E-state index is -0.866. The molecule has 2 aliphatic rings. The number of halogens is 2. The van der Waals surface area contributed by atoms with Crippen LogP contribution in [-0.2, 0) is 20.8 Å². The van der Waals surface area contributed by atoms with Crippen LogP contribution in [0.25, 0.3) is 0 Å². The fourth-order valence-electron chi connectivity index (χ4n) is 3.78. The van der Waals surface area contributed by atoms with Gasteiger partial charge in [0.05, 0.1) is 16.1 Å². The van der Waals surface area contributed by atoms with Crippen molar-refractivity contribution in [3.63, 3.8) is 0 Å². The number of piperidine rings is 1. The van der Waals surface area contributed by atoms with E-state index in [1.54, 1.807) is 11.0 Å². The fourth-order valence-corrected chi connectivity index (χ4v) is 4.10. The molecular weight excluding hydrogens is 375 g/mol. The molecule has 3 unspecified atom stereocenters. The highest BCUT2D eigenvalue weighted by molar-refractivity contribution is 6.43. The van der Waals surface area contributed by atoms with E-state index >= 15 is 0 Å². The topological polar surface area (TPSA) is 66.5 Å². The number of hydrogen-bond donors (Lipinski definition) is 1. The summed E-state index contributed by atoms with van der Waals surface area (Å²) < 4.78 is 0. The number of carbonyl (C=O) groups excluding carboxylic acids is 3. The monoisotopic (exact) mass is 396 g/mol. The lowest BCUT2D eigenvalue weighted by Crippen LogP contribution is -2.46. The van der Waals surface area contributed by atoms with Crippen molar-refractivity contribution in [3.05, 3.63) is 33.8 Å². The maximum Gasteiger partial charge on any atom is 0.291 e. The molecule has 2 fully saturated rings. The third-order valence-electron chi connectivity index (χ3n) is 5.21. The Kier molecular flexibility index (Phi) is 5.88. The molecule has 1 N–H and O–H groups in total.